The van der Waals surface area contributed by atoms with Crippen molar-refractivity contribution in [1.29, 1.82) is 0 Å². The topological polar surface area (TPSA) is 56.0 Å². The first kappa shape index (κ1) is 10.6. The number of nitrogens with zero attached hydrogens (tertiary/aromatic N) is 1. The first-order valence-corrected chi connectivity index (χ1v) is 4.36. The van der Waals surface area contributed by atoms with Crippen LogP contribution in [0.1, 0.15) is 17.5 Å². The Labute approximate surface area is 87.3 Å². The van der Waals surface area contributed by atoms with Gasteiger partial charge in [0.15, 0.2) is 0 Å². The van der Waals surface area contributed by atoms with Crippen molar-refractivity contribution in [3.63, 3.8) is 0 Å². The summed E-state index contributed by atoms with van der Waals surface area (Å²) in [7, 11) is 0. The summed E-state index contributed by atoms with van der Waals surface area (Å²) in [4.78, 5) is 14.3. The van der Waals surface area contributed by atoms with E-state index in [0.29, 0.717) is 10.7 Å². The minimum Gasteiger partial charge on any atom is -0.369 e. The number of carbonyl (C=O) groups is 1. The zero-order valence-electron chi connectivity index (χ0n) is 7.67. The van der Waals surface area contributed by atoms with E-state index in [-0.39, 0.29) is 6.42 Å². The molecular formula is C10H9ClN2O. The molecule has 0 radical (unpaired) electrons. The van der Waals surface area contributed by atoms with Crippen molar-refractivity contribution in [2.24, 2.45) is 5.73 Å². The molecule has 0 aliphatic rings. The molecule has 72 valence electrons. The highest BCUT2D eigenvalue weighted by molar-refractivity contribution is 6.30. The zero-order chi connectivity index (χ0) is 10.6. The molecule has 0 aliphatic carbocycles. The van der Waals surface area contributed by atoms with Crippen molar-refractivity contribution < 1.29 is 4.79 Å². The fraction of sp³-hybridized carbons (Fsp3) is 0.200. The van der Waals surface area contributed by atoms with Crippen molar-refractivity contribution in [3.05, 3.63) is 28.5 Å². The predicted octanol–water partition coefficient (Wildman–Crippen LogP) is 1.27. The Morgan fingerprint density at radius 2 is 2.43 bits per heavy atom. The summed E-state index contributed by atoms with van der Waals surface area (Å²) >= 11 is 5.78. The van der Waals surface area contributed by atoms with Crippen LogP contribution in [0.2, 0.25) is 5.15 Å². The van der Waals surface area contributed by atoms with Gasteiger partial charge in [-0.15, -0.1) is 0 Å². The van der Waals surface area contributed by atoms with Crippen molar-refractivity contribution >= 4 is 17.5 Å². The first-order chi connectivity index (χ1) is 6.59. The second kappa shape index (κ2) is 4.64. The Hall–Kier alpha value is -1.53. The van der Waals surface area contributed by atoms with Gasteiger partial charge in [0.25, 0.3) is 0 Å². The number of aryl methyl sites for hydroxylation is 1. The monoisotopic (exact) mass is 208 g/mol. The van der Waals surface area contributed by atoms with Gasteiger partial charge in [-0.05, 0) is 18.6 Å². The van der Waals surface area contributed by atoms with Crippen LogP contribution in [0, 0.1) is 18.8 Å². The molecule has 0 saturated heterocycles. The SMILES string of the molecule is Cc1cnc(Cl)c(C#CCC(N)=O)c1. The summed E-state index contributed by atoms with van der Waals surface area (Å²) in [5.74, 6) is 4.91. The molecule has 0 aliphatic heterocycles. The minimum atomic E-state index is -0.450. The minimum absolute atomic E-state index is 0.0320. The van der Waals surface area contributed by atoms with Gasteiger partial charge in [-0.3, -0.25) is 4.79 Å². The van der Waals surface area contributed by atoms with Crippen LogP contribution in [0.15, 0.2) is 12.3 Å². The number of rotatable bonds is 1. The zero-order valence-corrected chi connectivity index (χ0v) is 8.43. The molecule has 3 nitrogen and oxygen atoms in total. The average molecular weight is 209 g/mol. The summed E-state index contributed by atoms with van der Waals surface area (Å²) in [6.07, 6.45) is 1.69. The number of halogens is 1. The second-order valence-electron chi connectivity index (χ2n) is 2.80. The van der Waals surface area contributed by atoms with Gasteiger partial charge < -0.3 is 5.73 Å². The lowest BCUT2D eigenvalue weighted by molar-refractivity contribution is -0.117. The number of hydrogen-bond acceptors (Lipinski definition) is 2. The van der Waals surface area contributed by atoms with Crippen LogP contribution in [0.25, 0.3) is 0 Å². The van der Waals surface area contributed by atoms with E-state index in [1.807, 2.05) is 13.0 Å². The molecular weight excluding hydrogens is 200 g/mol. The lowest BCUT2D eigenvalue weighted by atomic mass is 10.2. The van der Waals surface area contributed by atoms with Crippen LogP contribution in [0.5, 0.6) is 0 Å². The standard InChI is InChI=1S/C10H9ClN2O/c1-7-5-8(10(11)13-6-7)3-2-4-9(12)14/h5-6H,4H2,1H3,(H2,12,14). The van der Waals surface area contributed by atoms with Gasteiger partial charge in [-0.2, -0.15) is 0 Å². The van der Waals surface area contributed by atoms with Crippen molar-refractivity contribution in [3.8, 4) is 11.8 Å². The van der Waals surface area contributed by atoms with E-state index in [9.17, 15) is 4.79 Å². The molecule has 0 fully saturated rings. The Kier molecular flexibility index (Phi) is 3.49. The van der Waals surface area contributed by atoms with Gasteiger partial charge in [-0.25, -0.2) is 4.98 Å². The van der Waals surface area contributed by atoms with E-state index >= 15 is 0 Å². The number of primary amides is 1. The molecule has 1 heterocycles. The van der Waals surface area contributed by atoms with Gasteiger partial charge in [0, 0.05) is 6.20 Å². The normalized spacial score (nSPS) is 9.00. The number of carbonyl (C=O) groups excluding carboxylic acids is 1. The number of amides is 1. The van der Waals surface area contributed by atoms with Gasteiger partial charge in [0.05, 0.1) is 12.0 Å². The average Bonchev–Trinajstić information content (AvgIpc) is 2.10. The van der Waals surface area contributed by atoms with Crippen LogP contribution in [-0.4, -0.2) is 10.9 Å². The van der Waals surface area contributed by atoms with Gasteiger partial charge in [-0.1, -0.05) is 23.4 Å². The molecule has 0 bridgehead atoms. The summed E-state index contributed by atoms with van der Waals surface area (Å²) in [5, 5.41) is 0.340. The number of nitrogens with two attached hydrogens (primary N) is 1. The molecule has 1 rings (SSSR count). The highest BCUT2D eigenvalue weighted by atomic mass is 35.5. The van der Waals surface area contributed by atoms with Crippen LogP contribution >= 0.6 is 11.6 Å². The Morgan fingerprint density at radius 1 is 1.71 bits per heavy atom. The molecule has 0 aromatic carbocycles. The molecule has 0 atom stereocenters. The van der Waals surface area contributed by atoms with Crippen LogP contribution in [-0.2, 0) is 4.79 Å². The highest BCUT2D eigenvalue weighted by Gasteiger charge is 1.97. The van der Waals surface area contributed by atoms with E-state index in [0.717, 1.165) is 5.56 Å². The maximum atomic E-state index is 10.4. The van der Waals surface area contributed by atoms with Crippen molar-refractivity contribution in [2.45, 2.75) is 13.3 Å². The molecule has 14 heavy (non-hydrogen) atoms. The summed E-state index contributed by atoms with van der Waals surface area (Å²) in [6, 6.07) is 1.81. The van der Waals surface area contributed by atoms with Crippen molar-refractivity contribution in [2.75, 3.05) is 0 Å². The van der Waals surface area contributed by atoms with E-state index < -0.39 is 5.91 Å². The molecule has 1 aromatic heterocycles. The third-order valence-corrected chi connectivity index (χ3v) is 1.76. The van der Waals surface area contributed by atoms with E-state index in [1.54, 1.807) is 6.20 Å². The molecule has 2 N–H and O–H groups in total. The predicted molar refractivity (Wildman–Crippen MR) is 54.7 cm³/mol. The fourth-order valence-electron chi connectivity index (χ4n) is 0.867. The lowest BCUT2D eigenvalue weighted by Crippen LogP contribution is -2.08. The Morgan fingerprint density at radius 3 is 3.07 bits per heavy atom. The second-order valence-corrected chi connectivity index (χ2v) is 3.15. The number of aromatic nitrogens is 1. The first-order valence-electron chi connectivity index (χ1n) is 3.99. The summed E-state index contributed by atoms with van der Waals surface area (Å²) in [5.41, 5.74) is 6.52. The van der Waals surface area contributed by atoms with Crippen molar-refractivity contribution in [1.82, 2.24) is 4.98 Å². The third-order valence-electron chi connectivity index (χ3n) is 1.46. The molecule has 1 amide bonds. The molecule has 0 unspecified atom stereocenters. The van der Waals surface area contributed by atoms with Gasteiger partial charge in [0.2, 0.25) is 5.91 Å². The molecule has 4 heteroatoms. The van der Waals surface area contributed by atoms with Crippen LogP contribution < -0.4 is 5.73 Å². The Bertz CT molecular complexity index is 418. The van der Waals surface area contributed by atoms with Crippen LogP contribution in [0.3, 0.4) is 0 Å². The Balaban J connectivity index is 2.88. The number of pyridine rings is 1. The fourth-order valence-corrected chi connectivity index (χ4v) is 1.02. The maximum Gasteiger partial charge on any atom is 0.229 e. The van der Waals surface area contributed by atoms with E-state index in [2.05, 4.69) is 16.8 Å². The molecule has 1 aromatic rings. The third kappa shape index (κ3) is 3.08. The largest absolute Gasteiger partial charge is 0.369 e. The van der Waals surface area contributed by atoms with Gasteiger partial charge in [0.1, 0.15) is 5.15 Å². The summed E-state index contributed by atoms with van der Waals surface area (Å²) in [6.45, 7) is 1.89. The van der Waals surface area contributed by atoms with Crippen LogP contribution in [0.4, 0.5) is 0 Å². The summed E-state index contributed by atoms with van der Waals surface area (Å²) < 4.78 is 0. The maximum absolute atomic E-state index is 10.4. The quantitative estimate of drug-likeness (QED) is 0.558. The smallest absolute Gasteiger partial charge is 0.229 e. The number of hydrogen-bond donors (Lipinski definition) is 1. The molecule has 0 spiro atoms. The lowest BCUT2D eigenvalue weighted by Gasteiger charge is -1.95. The highest BCUT2D eigenvalue weighted by Crippen LogP contribution is 2.12. The van der Waals surface area contributed by atoms with Gasteiger partial charge >= 0.3 is 0 Å². The van der Waals surface area contributed by atoms with E-state index in [1.165, 1.54) is 0 Å². The molecule has 0 saturated carbocycles. The van der Waals surface area contributed by atoms with E-state index in [4.69, 9.17) is 17.3 Å².